The lowest BCUT2D eigenvalue weighted by atomic mass is 9.91. The number of nitrogens with two attached hydrogens (primary N) is 1. The van der Waals surface area contributed by atoms with E-state index >= 15 is 0 Å². The van der Waals surface area contributed by atoms with Gasteiger partial charge in [0.15, 0.2) is 5.65 Å². The molecule has 0 fully saturated rings. The number of carbonyl (C=O) groups is 2. The molecular formula is C24H24FN7O4. The van der Waals surface area contributed by atoms with E-state index in [9.17, 15) is 23.6 Å². The van der Waals surface area contributed by atoms with Gasteiger partial charge in [0, 0.05) is 31.5 Å². The first kappa shape index (κ1) is 24.5. The highest BCUT2D eigenvalue weighted by Gasteiger charge is 2.23. The van der Waals surface area contributed by atoms with Crippen LogP contribution in [-0.2, 0) is 22.6 Å². The fraction of sp³-hybridized carbons (Fsp3) is 0.208. The number of rotatable bonds is 8. The smallest absolute Gasteiger partial charge is 0.330 e. The molecule has 12 heteroatoms. The van der Waals surface area contributed by atoms with E-state index in [1.54, 1.807) is 42.5 Å². The van der Waals surface area contributed by atoms with Gasteiger partial charge in [-0.05, 0) is 35.7 Å². The van der Waals surface area contributed by atoms with Gasteiger partial charge in [-0.1, -0.05) is 30.3 Å². The summed E-state index contributed by atoms with van der Waals surface area (Å²) >= 11 is 0. The van der Waals surface area contributed by atoms with Crippen LogP contribution < -0.4 is 27.8 Å². The molecule has 36 heavy (non-hydrogen) atoms. The van der Waals surface area contributed by atoms with Crippen LogP contribution in [0.15, 0.2) is 58.1 Å². The van der Waals surface area contributed by atoms with Crippen molar-refractivity contribution in [3.63, 3.8) is 0 Å². The summed E-state index contributed by atoms with van der Waals surface area (Å²) in [4.78, 5) is 57.7. The number of H-pyrrole nitrogens is 2. The maximum atomic E-state index is 14.6. The van der Waals surface area contributed by atoms with E-state index < -0.39 is 28.9 Å². The highest BCUT2D eigenvalue weighted by molar-refractivity contribution is 5.88. The fourth-order valence-corrected chi connectivity index (χ4v) is 3.98. The lowest BCUT2D eigenvalue weighted by Gasteiger charge is -2.16. The number of hydrogen-bond donors (Lipinski definition) is 5. The molecule has 0 aliphatic rings. The maximum absolute atomic E-state index is 14.6. The summed E-state index contributed by atoms with van der Waals surface area (Å²) in [6.45, 7) is 1.33. The number of halogens is 1. The third-order valence-corrected chi connectivity index (χ3v) is 5.72. The van der Waals surface area contributed by atoms with E-state index in [1.807, 2.05) is 5.43 Å². The normalized spacial score (nSPS) is 11.9. The zero-order valence-electron chi connectivity index (χ0n) is 19.3. The van der Waals surface area contributed by atoms with Crippen molar-refractivity contribution in [1.29, 1.82) is 0 Å². The van der Waals surface area contributed by atoms with Crippen LogP contribution in [0.2, 0.25) is 0 Å². The van der Waals surface area contributed by atoms with E-state index in [2.05, 4.69) is 20.3 Å². The van der Waals surface area contributed by atoms with E-state index in [0.29, 0.717) is 17.1 Å². The molecule has 0 bridgehead atoms. The second kappa shape index (κ2) is 10.4. The molecule has 2 amide bonds. The van der Waals surface area contributed by atoms with Crippen molar-refractivity contribution in [3.8, 4) is 0 Å². The van der Waals surface area contributed by atoms with Gasteiger partial charge in [-0.15, -0.1) is 0 Å². The minimum atomic E-state index is -0.722. The van der Waals surface area contributed by atoms with Gasteiger partial charge < -0.3 is 10.3 Å². The molecule has 2 heterocycles. The lowest BCUT2D eigenvalue weighted by Crippen LogP contribution is -2.34. The van der Waals surface area contributed by atoms with Gasteiger partial charge in [0.05, 0.1) is 0 Å². The highest BCUT2D eigenvalue weighted by atomic mass is 19.1. The second-order valence-corrected chi connectivity index (χ2v) is 8.20. The standard InChI is InChI=1S/C24H24FN7O4/c1-13(33)27-16-8-6-14(7-9-16)17(12-15-4-2-3-5-18(15)25)21-28-20-22(29-21)32(11-10-19(34)31-26)24(36)30-23(20)35/h2-9,17H,10-12,26H2,1H3,(H,27,33)(H,28,29)(H,31,34)(H,30,35,36). The van der Waals surface area contributed by atoms with Gasteiger partial charge in [0.2, 0.25) is 11.8 Å². The molecule has 2 aromatic carbocycles. The van der Waals surface area contributed by atoms with Gasteiger partial charge in [-0.3, -0.25) is 29.4 Å². The fourth-order valence-electron chi connectivity index (χ4n) is 3.98. The van der Waals surface area contributed by atoms with Gasteiger partial charge >= 0.3 is 5.69 Å². The number of aromatic nitrogens is 4. The van der Waals surface area contributed by atoms with E-state index in [4.69, 9.17) is 5.84 Å². The van der Waals surface area contributed by atoms with Crippen molar-refractivity contribution >= 4 is 28.7 Å². The van der Waals surface area contributed by atoms with Crippen molar-refractivity contribution in [2.24, 2.45) is 5.84 Å². The lowest BCUT2D eigenvalue weighted by molar-refractivity contribution is -0.121. The Bertz CT molecular complexity index is 1540. The summed E-state index contributed by atoms with van der Waals surface area (Å²) in [5.74, 6) is 3.81. The van der Waals surface area contributed by atoms with Crippen molar-refractivity contribution < 1.29 is 14.0 Å². The molecule has 2 aromatic heterocycles. The Morgan fingerprint density at radius 1 is 1.11 bits per heavy atom. The summed E-state index contributed by atoms with van der Waals surface area (Å²) < 4.78 is 15.7. The van der Waals surface area contributed by atoms with Crippen LogP contribution in [0.5, 0.6) is 0 Å². The number of aromatic amines is 2. The topological polar surface area (TPSA) is 168 Å². The zero-order valence-corrected chi connectivity index (χ0v) is 19.3. The molecule has 186 valence electrons. The summed E-state index contributed by atoms with van der Waals surface area (Å²) in [5, 5.41) is 2.69. The molecule has 0 radical (unpaired) electrons. The van der Waals surface area contributed by atoms with Crippen LogP contribution in [0.25, 0.3) is 11.2 Å². The first-order valence-electron chi connectivity index (χ1n) is 11.1. The first-order chi connectivity index (χ1) is 17.3. The number of nitrogens with zero attached hydrogens (tertiary/aromatic N) is 2. The number of aryl methyl sites for hydroxylation is 1. The summed E-state index contributed by atoms with van der Waals surface area (Å²) in [6, 6.07) is 13.3. The zero-order chi connectivity index (χ0) is 25.8. The van der Waals surface area contributed by atoms with Crippen LogP contribution in [0.3, 0.4) is 0 Å². The van der Waals surface area contributed by atoms with E-state index in [-0.39, 0.29) is 36.5 Å². The Labute approximate surface area is 203 Å². The van der Waals surface area contributed by atoms with Crippen molar-refractivity contribution in [3.05, 3.63) is 92.1 Å². The molecule has 0 saturated heterocycles. The molecule has 1 atom stereocenters. The van der Waals surface area contributed by atoms with Crippen LogP contribution in [0, 0.1) is 5.82 Å². The molecule has 6 N–H and O–H groups in total. The second-order valence-electron chi connectivity index (χ2n) is 8.20. The molecule has 0 spiro atoms. The van der Waals surface area contributed by atoms with Crippen LogP contribution >= 0.6 is 0 Å². The Balaban J connectivity index is 1.82. The van der Waals surface area contributed by atoms with Gasteiger partial charge in [0.1, 0.15) is 17.2 Å². The number of hydrazine groups is 1. The van der Waals surface area contributed by atoms with Crippen molar-refractivity contribution in [2.75, 3.05) is 5.32 Å². The quantitative estimate of drug-likeness (QED) is 0.141. The molecule has 4 rings (SSSR count). The SMILES string of the molecule is CC(=O)Nc1ccc(C(Cc2ccccc2F)c2nc3c([nH]2)c(=O)[nH]c(=O)n3CCC(=O)NN)cc1. The Morgan fingerprint density at radius 3 is 2.50 bits per heavy atom. The minimum Gasteiger partial charge on any atom is -0.336 e. The first-order valence-corrected chi connectivity index (χ1v) is 11.1. The minimum absolute atomic E-state index is 0.0474. The van der Waals surface area contributed by atoms with E-state index in [1.165, 1.54) is 17.6 Å². The Morgan fingerprint density at radius 2 is 1.83 bits per heavy atom. The number of carbonyl (C=O) groups excluding carboxylic acids is 2. The molecular weight excluding hydrogens is 469 g/mol. The van der Waals surface area contributed by atoms with E-state index in [0.717, 1.165) is 5.56 Å². The van der Waals surface area contributed by atoms with Gasteiger partial charge in [-0.2, -0.15) is 0 Å². The Kier molecular flexibility index (Phi) is 7.06. The molecule has 0 saturated carbocycles. The number of fused-ring (bicyclic) bond motifs is 1. The summed E-state index contributed by atoms with van der Waals surface area (Å²) in [6.07, 6.45) is 0.0900. The van der Waals surface area contributed by atoms with Crippen LogP contribution in [0.4, 0.5) is 10.1 Å². The molecule has 0 aliphatic heterocycles. The number of hydrogen-bond acceptors (Lipinski definition) is 6. The van der Waals surface area contributed by atoms with Crippen molar-refractivity contribution in [2.45, 2.75) is 32.2 Å². The third-order valence-electron chi connectivity index (χ3n) is 5.72. The molecule has 11 nitrogen and oxygen atoms in total. The maximum Gasteiger partial charge on any atom is 0.330 e. The number of anilines is 1. The average molecular weight is 493 g/mol. The van der Waals surface area contributed by atoms with Gasteiger partial charge in [-0.25, -0.2) is 20.0 Å². The van der Waals surface area contributed by atoms with Crippen LogP contribution in [0.1, 0.15) is 36.2 Å². The molecule has 4 aromatic rings. The number of benzene rings is 2. The Hall–Kier alpha value is -4.58. The number of imidazole rings is 1. The van der Waals surface area contributed by atoms with Crippen molar-refractivity contribution in [1.82, 2.24) is 24.9 Å². The summed E-state index contributed by atoms with van der Waals surface area (Å²) in [7, 11) is 0. The number of nitrogens with one attached hydrogen (secondary N) is 4. The van der Waals surface area contributed by atoms with Gasteiger partial charge in [0.25, 0.3) is 5.56 Å². The highest BCUT2D eigenvalue weighted by Crippen LogP contribution is 2.29. The number of amides is 2. The summed E-state index contributed by atoms with van der Waals surface area (Å²) in [5.41, 5.74) is 2.47. The van der Waals surface area contributed by atoms with Crippen LogP contribution in [-0.4, -0.2) is 31.3 Å². The third kappa shape index (κ3) is 5.23. The monoisotopic (exact) mass is 493 g/mol. The predicted octanol–water partition coefficient (Wildman–Crippen LogP) is 1.27. The molecule has 0 aliphatic carbocycles. The average Bonchev–Trinajstić information content (AvgIpc) is 3.29. The molecule has 1 unspecified atom stereocenters. The predicted molar refractivity (Wildman–Crippen MR) is 131 cm³/mol. The largest absolute Gasteiger partial charge is 0.336 e.